The lowest BCUT2D eigenvalue weighted by molar-refractivity contribution is 0.538. The molecule has 0 aliphatic rings. The highest BCUT2D eigenvalue weighted by Crippen LogP contribution is 2.08. The molecule has 3 nitrogen and oxygen atoms in total. The molecule has 1 aromatic rings. The Labute approximate surface area is 123 Å². The predicted octanol–water partition coefficient (Wildman–Crippen LogP) is 3.40. The smallest absolute Gasteiger partial charge is 0.255 e. The second-order valence-corrected chi connectivity index (χ2v) is 6.14. The molecular weight excluding hydrogens is 248 g/mol. The minimum atomic E-state index is 0.190. The van der Waals surface area contributed by atoms with Gasteiger partial charge in [-0.05, 0) is 44.4 Å². The minimum absolute atomic E-state index is 0.190. The van der Waals surface area contributed by atoms with Crippen LogP contribution in [0.15, 0.2) is 10.9 Å². The third-order valence-electron chi connectivity index (χ3n) is 3.67. The van der Waals surface area contributed by atoms with Gasteiger partial charge in [0, 0.05) is 24.3 Å². The average Bonchev–Trinajstić information content (AvgIpc) is 2.37. The molecule has 0 fully saturated rings. The maximum atomic E-state index is 12.6. The van der Waals surface area contributed by atoms with E-state index in [1.807, 2.05) is 18.4 Å². The molecule has 0 atom stereocenters. The number of aromatic nitrogens is 1. The second kappa shape index (κ2) is 8.25. The molecule has 0 saturated carbocycles. The van der Waals surface area contributed by atoms with Gasteiger partial charge in [0.15, 0.2) is 0 Å². The van der Waals surface area contributed by atoms with Gasteiger partial charge in [-0.1, -0.05) is 33.6 Å². The van der Waals surface area contributed by atoms with Gasteiger partial charge in [0.25, 0.3) is 5.56 Å². The summed E-state index contributed by atoms with van der Waals surface area (Å²) in [6.45, 7) is 13.1. The van der Waals surface area contributed by atoms with Crippen molar-refractivity contribution in [3.05, 3.63) is 33.2 Å². The summed E-state index contributed by atoms with van der Waals surface area (Å²) in [4.78, 5) is 12.6. The van der Waals surface area contributed by atoms with Crippen molar-refractivity contribution in [3.8, 4) is 0 Å². The van der Waals surface area contributed by atoms with Crippen molar-refractivity contribution in [2.75, 3.05) is 6.54 Å². The number of hydrogen-bond acceptors (Lipinski definition) is 2. The van der Waals surface area contributed by atoms with Crippen LogP contribution in [-0.4, -0.2) is 11.1 Å². The number of unbranched alkanes of at least 4 members (excludes halogenated alkanes) is 2. The Bertz CT molecular complexity index is 475. The van der Waals surface area contributed by atoms with Gasteiger partial charge in [0.2, 0.25) is 0 Å². The van der Waals surface area contributed by atoms with Crippen LogP contribution >= 0.6 is 0 Å². The molecule has 0 saturated heterocycles. The zero-order valence-corrected chi connectivity index (χ0v) is 13.8. The van der Waals surface area contributed by atoms with Gasteiger partial charge < -0.3 is 9.88 Å². The summed E-state index contributed by atoms with van der Waals surface area (Å²) in [7, 11) is 0. The number of rotatable bonds is 8. The molecule has 20 heavy (non-hydrogen) atoms. The quantitative estimate of drug-likeness (QED) is 0.740. The van der Waals surface area contributed by atoms with Crippen molar-refractivity contribution in [3.63, 3.8) is 0 Å². The molecule has 3 heteroatoms. The van der Waals surface area contributed by atoms with Crippen molar-refractivity contribution < 1.29 is 0 Å². The highest BCUT2D eigenvalue weighted by molar-refractivity contribution is 5.26. The van der Waals surface area contributed by atoms with E-state index in [1.165, 1.54) is 12.8 Å². The van der Waals surface area contributed by atoms with E-state index in [0.717, 1.165) is 36.3 Å². The van der Waals surface area contributed by atoms with Gasteiger partial charge >= 0.3 is 0 Å². The third kappa shape index (κ3) is 4.78. The molecule has 1 N–H and O–H groups in total. The summed E-state index contributed by atoms with van der Waals surface area (Å²) >= 11 is 0. The summed E-state index contributed by atoms with van der Waals surface area (Å²) in [6.07, 6.45) is 3.45. The molecule has 0 aliphatic carbocycles. The van der Waals surface area contributed by atoms with Crippen LogP contribution < -0.4 is 10.9 Å². The lowest BCUT2D eigenvalue weighted by Crippen LogP contribution is -2.31. The first-order chi connectivity index (χ1) is 9.47. The van der Waals surface area contributed by atoms with E-state index in [2.05, 4.69) is 32.2 Å². The Balaban J connectivity index is 2.88. The van der Waals surface area contributed by atoms with Crippen LogP contribution in [0.4, 0.5) is 0 Å². The highest BCUT2D eigenvalue weighted by atomic mass is 16.1. The van der Waals surface area contributed by atoms with E-state index < -0.39 is 0 Å². The molecule has 114 valence electrons. The first-order valence-corrected chi connectivity index (χ1v) is 7.88. The van der Waals surface area contributed by atoms with Crippen LogP contribution in [-0.2, 0) is 13.1 Å². The van der Waals surface area contributed by atoms with Gasteiger partial charge in [0.05, 0.1) is 0 Å². The molecule has 1 aromatic heterocycles. The number of aryl methyl sites for hydroxylation is 2. The Kier molecular flexibility index (Phi) is 7.00. The monoisotopic (exact) mass is 278 g/mol. The second-order valence-electron chi connectivity index (χ2n) is 6.14. The van der Waals surface area contributed by atoms with Crippen LogP contribution in [0.2, 0.25) is 0 Å². The summed E-state index contributed by atoms with van der Waals surface area (Å²) in [5.74, 6) is 0.604. The Morgan fingerprint density at radius 2 is 1.95 bits per heavy atom. The van der Waals surface area contributed by atoms with E-state index >= 15 is 0 Å². The maximum absolute atomic E-state index is 12.6. The standard InChI is InChI=1S/C17H30N2O/c1-6-7-8-9-19-15(5)10-14(4)16(17(19)20)12-18-11-13(2)3/h10,13,18H,6-9,11-12H2,1-5H3. The third-order valence-corrected chi connectivity index (χ3v) is 3.67. The van der Waals surface area contributed by atoms with Crippen LogP contribution in [0.25, 0.3) is 0 Å². The van der Waals surface area contributed by atoms with Crippen molar-refractivity contribution in [1.29, 1.82) is 0 Å². The molecule has 1 heterocycles. The van der Waals surface area contributed by atoms with Gasteiger partial charge in [-0.2, -0.15) is 0 Å². The van der Waals surface area contributed by atoms with Crippen molar-refractivity contribution >= 4 is 0 Å². The molecule has 0 amide bonds. The summed E-state index contributed by atoms with van der Waals surface area (Å²) in [6, 6.07) is 2.14. The van der Waals surface area contributed by atoms with Crippen LogP contribution in [0, 0.1) is 19.8 Å². The number of pyridine rings is 1. The zero-order chi connectivity index (χ0) is 15.1. The molecular formula is C17H30N2O. The summed E-state index contributed by atoms with van der Waals surface area (Å²) in [5, 5.41) is 3.38. The van der Waals surface area contributed by atoms with Gasteiger partial charge in [-0.25, -0.2) is 0 Å². The Morgan fingerprint density at radius 1 is 1.25 bits per heavy atom. The molecule has 0 bridgehead atoms. The maximum Gasteiger partial charge on any atom is 0.255 e. The molecule has 1 rings (SSSR count). The van der Waals surface area contributed by atoms with Crippen LogP contribution in [0.3, 0.4) is 0 Å². The van der Waals surface area contributed by atoms with Gasteiger partial charge in [-0.3, -0.25) is 4.79 Å². The van der Waals surface area contributed by atoms with Gasteiger partial charge in [0.1, 0.15) is 0 Å². The van der Waals surface area contributed by atoms with Crippen LogP contribution in [0.1, 0.15) is 56.9 Å². The first-order valence-electron chi connectivity index (χ1n) is 7.88. The van der Waals surface area contributed by atoms with E-state index in [-0.39, 0.29) is 5.56 Å². The number of hydrogen-bond donors (Lipinski definition) is 1. The SMILES string of the molecule is CCCCCn1c(C)cc(C)c(CNCC(C)C)c1=O. The van der Waals surface area contributed by atoms with Crippen molar-refractivity contribution in [1.82, 2.24) is 9.88 Å². The molecule has 0 aliphatic heterocycles. The Hall–Kier alpha value is -1.09. The highest BCUT2D eigenvalue weighted by Gasteiger charge is 2.10. The molecule has 0 aromatic carbocycles. The van der Waals surface area contributed by atoms with E-state index in [4.69, 9.17) is 0 Å². The Morgan fingerprint density at radius 3 is 2.55 bits per heavy atom. The van der Waals surface area contributed by atoms with E-state index in [0.29, 0.717) is 12.5 Å². The largest absolute Gasteiger partial charge is 0.313 e. The molecule has 0 radical (unpaired) electrons. The normalized spacial score (nSPS) is 11.3. The fourth-order valence-corrected chi connectivity index (χ4v) is 2.47. The zero-order valence-electron chi connectivity index (χ0n) is 13.8. The molecule has 0 spiro atoms. The van der Waals surface area contributed by atoms with Crippen molar-refractivity contribution in [2.45, 2.75) is 67.0 Å². The number of nitrogens with zero attached hydrogens (tertiary/aromatic N) is 1. The lowest BCUT2D eigenvalue weighted by atomic mass is 10.1. The fourth-order valence-electron chi connectivity index (χ4n) is 2.47. The molecule has 0 unspecified atom stereocenters. The van der Waals surface area contributed by atoms with E-state index in [9.17, 15) is 4.79 Å². The summed E-state index contributed by atoms with van der Waals surface area (Å²) < 4.78 is 1.94. The lowest BCUT2D eigenvalue weighted by Gasteiger charge is -2.15. The van der Waals surface area contributed by atoms with Crippen molar-refractivity contribution in [2.24, 2.45) is 5.92 Å². The first kappa shape index (κ1) is 17.0. The average molecular weight is 278 g/mol. The van der Waals surface area contributed by atoms with Crippen LogP contribution in [0.5, 0.6) is 0 Å². The fraction of sp³-hybridized carbons (Fsp3) is 0.706. The van der Waals surface area contributed by atoms with E-state index in [1.54, 1.807) is 0 Å². The number of nitrogens with one attached hydrogen (secondary N) is 1. The topological polar surface area (TPSA) is 34.0 Å². The minimum Gasteiger partial charge on any atom is -0.313 e. The predicted molar refractivity (Wildman–Crippen MR) is 86.2 cm³/mol. The van der Waals surface area contributed by atoms with Gasteiger partial charge in [-0.15, -0.1) is 0 Å². The summed E-state index contributed by atoms with van der Waals surface area (Å²) in [5.41, 5.74) is 3.30.